The highest BCUT2D eigenvalue weighted by molar-refractivity contribution is 6.84. The Morgan fingerprint density at radius 3 is 2.69 bits per heavy atom. The predicted molar refractivity (Wildman–Crippen MR) is 112 cm³/mol. The van der Waals surface area contributed by atoms with E-state index in [1.807, 2.05) is 0 Å². The Labute approximate surface area is 161 Å². The van der Waals surface area contributed by atoms with Gasteiger partial charge in [0.15, 0.2) is 6.29 Å². The van der Waals surface area contributed by atoms with E-state index in [9.17, 15) is 4.79 Å². The number of ketones is 1. The normalized spacial score (nSPS) is 19.6. The van der Waals surface area contributed by atoms with Crippen LogP contribution in [0.15, 0.2) is 11.6 Å². The number of hydrogen-bond acceptors (Lipinski definition) is 3. The number of Topliss-reactive ketones (excluding diaryl/α,β-unsaturated/α-hetero) is 1. The molecule has 0 spiro atoms. The highest BCUT2D eigenvalue weighted by atomic mass is 28.3. The van der Waals surface area contributed by atoms with Crippen molar-refractivity contribution in [1.29, 1.82) is 0 Å². The van der Waals surface area contributed by atoms with Gasteiger partial charge in [0, 0.05) is 19.6 Å². The first kappa shape index (κ1) is 23.1. The molecule has 1 fully saturated rings. The SMILES string of the molecule is CC(=CCCC(C)CCOC1CCCCO1)CCC(=O)C#C[Si](C)(C)C. The van der Waals surface area contributed by atoms with Crippen LogP contribution in [0.4, 0.5) is 0 Å². The molecule has 4 heteroatoms. The minimum absolute atomic E-state index is 0.0275. The summed E-state index contributed by atoms with van der Waals surface area (Å²) in [5, 5.41) is 0. The Kier molecular flexibility index (Phi) is 11.1. The molecule has 0 saturated carbocycles. The number of hydrogen-bond donors (Lipinski definition) is 0. The van der Waals surface area contributed by atoms with Gasteiger partial charge in [-0.3, -0.25) is 4.79 Å². The molecule has 26 heavy (non-hydrogen) atoms. The Bertz CT molecular complexity index is 502. The molecule has 0 aromatic carbocycles. The number of ether oxygens (including phenoxy) is 2. The first-order valence-electron chi connectivity index (χ1n) is 10.2. The van der Waals surface area contributed by atoms with Crippen LogP contribution in [0, 0.1) is 17.4 Å². The zero-order valence-electron chi connectivity index (χ0n) is 17.5. The van der Waals surface area contributed by atoms with Crippen molar-refractivity contribution in [3.05, 3.63) is 11.6 Å². The summed E-state index contributed by atoms with van der Waals surface area (Å²) in [7, 11) is -1.45. The van der Waals surface area contributed by atoms with Crippen LogP contribution in [-0.2, 0) is 14.3 Å². The molecule has 1 heterocycles. The van der Waals surface area contributed by atoms with E-state index in [1.54, 1.807) is 0 Å². The minimum atomic E-state index is -1.45. The Balaban J connectivity index is 2.13. The zero-order chi connectivity index (χ0) is 19.4. The number of allylic oxidation sites excluding steroid dienone is 2. The largest absolute Gasteiger partial charge is 0.353 e. The fourth-order valence-electron chi connectivity index (χ4n) is 2.73. The zero-order valence-corrected chi connectivity index (χ0v) is 18.5. The van der Waals surface area contributed by atoms with Crippen LogP contribution in [0.2, 0.25) is 19.6 Å². The second-order valence-electron chi connectivity index (χ2n) is 8.61. The van der Waals surface area contributed by atoms with E-state index < -0.39 is 8.07 Å². The van der Waals surface area contributed by atoms with E-state index >= 15 is 0 Å². The highest BCUT2D eigenvalue weighted by Gasteiger charge is 2.14. The molecule has 0 radical (unpaired) electrons. The summed E-state index contributed by atoms with van der Waals surface area (Å²) >= 11 is 0. The van der Waals surface area contributed by atoms with Crippen LogP contribution in [-0.4, -0.2) is 33.4 Å². The Morgan fingerprint density at radius 1 is 1.27 bits per heavy atom. The van der Waals surface area contributed by atoms with Crippen molar-refractivity contribution >= 4 is 13.9 Å². The van der Waals surface area contributed by atoms with Crippen molar-refractivity contribution in [2.24, 2.45) is 5.92 Å². The van der Waals surface area contributed by atoms with Crippen molar-refractivity contribution in [3.8, 4) is 11.5 Å². The molecule has 1 aliphatic heterocycles. The fourth-order valence-corrected chi connectivity index (χ4v) is 3.25. The lowest BCUT2D eigenvalue weighted by atomic mass is 10.0. The molecular weight excluding hydrogens is 340 g/mol. The maximum Gasteiger partial charge on any atom is 0.205 e. The minimum Gasteiger partial charge on any atom is -0.353 e. The lowest BCUT2D eigenvalue weighted by Gasteiger charge is -2.23. The third-order valence-electron chi connectivity index (χ3n) is 4.53. The van der Waals surface area contributed by atoms with Gasteiger partial charge >= 0.3 is 0 Å². The maximum absolute atomic E-state index is 11.8. The second kappa shape index (κ2) is 12.5. The Morgan fingerprint density at radius 2 is 2.04 bits per heavy atom. The molecule has 0 aromatic heterocycles. The first-order valence-corrected chi connectivity index (χ1v) is 13.7. The van der Waals surface area contributed by atoms with Crippen LogP contribution >= 0.6 is 0 Å². The van der Waals surface area contributed by atoms with Gasteiger partial charge < -0.3 is 9.47 Å². The van der Waals surface area contributed by atoms with E-state index in [1.165, 1.54) is 18.4 Å². The van der Waals surface area contributed by atoms with Crippen LogP contribution in [0.1, 0.15) is 65.2 Å². The molecule has 1 rings (SSSR count). The molecule has 0 amide bonds. The third-order valence-corrected chi connectivity index (χ3v) is 5.40. The average molecular weight is 379 g/mol. The van der Waals surface area contributed by atoms with Crippen LogP contribution < -0.4 is 0 Å². The van der Waals surface area contributed by atoms with Gasteiger partial charge in [0.1, 0.15) is 8.07 Å². The topological polar surface area (TPSA) is 35.5 Å². The summed E-state index contributed by atoms with van der Waals surface area (Å²) in [6.45, 7) is 12.5. The van der Waals surface area contributed by atoms with Gasteiger partial charge in [-0.1, -0.05) is 38.2 Å². The van der Waals surface area contributed by atoms with Gasteiger partial charge in [0.05, 0.1) is 0 Å². The molecule has 3 nitrogen and oxygen atoms in total. The van der Waals surface area contributed by atoms with E-state index in [0.717, 1.165) is 45.3 Å². The lowest BCUT2D eigenvalue weighted by molar-refractivity contribution is -0.163. The summed E-state index contributed by atoms with van der Waals surface area (Å²) < 4.78 is 11.4. The van der Waals surface area contributed by atoms with Crippen molar-refractivity contribution < 1.29 is 14.3 Å². The molecule has 2 unspecified atom stereocenters. The van der Waals surface area contributed by atoms with Gasteiger partial charge in [-0.05, 0) is 63.7 Å². The van der Waals surface area contributed by atoms with E-state index in [2.05, 4.69) is 51.0 Å². The highest BCUT2D eigenvalue weighted by Crippen LogP contribution is 2.17. The fraction of sp³-hybridized carbons (Fsp3) is 0.773. The third kappa shape index (κ3) is 12.5. The summed E-state index contributed by atoms with van der Waals surface area (Å²) in [6.07, 6.45) is 10.4. The van der Waals surface area contributed by atoms with E-state index in [4.69, 9.17) is 9.47 Å². The first-order chi connectivity index (χ1) is 12.3. The van der Waals surface area contributed by atoms with Crippen LogP contribution in [0.25, 0.3) is 0 Å². The molecule has 0 aliphatic carbocycles. The lowest BCUT2D eigenvalue weighted by Crippen LogP contribution is -2.23. The molecule has 1 aliphatic rings. The monoisotopic (exact) mass is 378 g/mol. The summed E-state index contributed by atoms with van der Waals surface area (Å²) in [6, 6.07) is 0. The van der Waals surface area contributed by atoms with Gasteiger partial charge in [-0.15, -0.1) is 5.54 Å². The second-order valence-corrected chi connectivity index (χ2v) is 13.4. The van der Waals surface area contributed by atoms with Gasteiger partial charge in [0.2, 0.25) is 5.78 Å². The van der Waals surface area contributed by atoms with Gasteiger partial charge in [-0.25, -0.2) is 0 Å². The van der Waals surface area contributed by atoms with Crippen molar-refractivity contribution in [2.45, 2.75) is 91.1 Å². The molecule has 1 saturated heterocycles. The smallest absolute Gasteiger partial charge is 0.205 e. The molecule has 148 valence electrons. The van der Waals surface area contributed by atoms with Gasteiger partial charge in [0.25, 0.3) is 0 Å². The van der Waals surface area contributed by atoms with Crippen LogP contribution in [0.5, 0.6) is 0 Å². The van der Waals surface area contributed by atoms with Crippen LogP contribution in [0.3, 0.4) is 0 Å². The average Bonchev–Trinajstić information content (AvgIpc) is 2.58. The van der Waals surface area contributed by atoms with Gasteiger partial charge in [-0.2, -0.15) is 0 Å². The Hall–Kier alpha value is -0.893. The van der Waals surface area contributed by atoms with Crippen molar-refractivity contribution in [3.63, 3.8) is 0 Å². The number of carbonyl (C=O) groups excluding carboxylic acids is 1. The molecule has 2 atom stereocenters. The molecule has 0 N–H and O–H groups in total. The quantitative estimate of drug-likeness (QED) is 0.285. The van der Waals surface area contributed by atoms with E-state index in [-0.39, 0.29) is 12.1 Å². The summed E-state index contributed by atoms with van der Waals surface area (Å²) in [5.74, 6) is 3.55. The maximum atomic E-state index is 11.8. The summed E-state index contributed by atoms with van der Waals surface area (Å²) in [4.78, 5) is 11.8. The van der Waals surface area contributed by atoms with Crippen molar-refractivity contribution in [1.82, 2.24) is 0 Å². The standard InChI is InChI=1S/C22H38O3Si/c1-19(12-13-21(23)15-18-26(3,4)5)9-8-10-20(2)14-17-25-22-11-6-7-16-24-22/h9,20,22H,6-8,10-14,16-17H2,1-5H3. The molecule has 0 bridgehead atoms. The molecule has 0 aromatic rings. The van der Waals surface area contributed by atoms with E-state index in [0.29, 0.717) is 12.3 Å². The summed E-state index contributed by atoms with van der Waals surface area (Å²) in [5.41, 5.74) is 4.44. The number of carbonyl (C=O) groups is 1. The van der Waals surface area contributed by atoms with Crippen molar-refractivity contribution in [2.75, 3.05) is 13.2 Å². The number of rotatable bonds is 10. The molecular formula is C22H38O3Si. The predicted octanol–water partition coefficient (Wildman–Crippen LogP) is 5.51.